The fourth-order valence-corrected chi connectivity index (χ4v) is 4.19. The summed E-state index contributed by atoms with van der Waals surface area (Å²) < 4.78 is 1.97. The van der Waals surface area contributed by atoms with Crippen molar-refractivity contribution in [2.75, 3.05) is 7.05 Å². The highest BCUT2D eigenvalue weighted by Gasteiger charge is 2.43. The summed E-state index contributed by atoms with van der Waals surface area (Å²) in [6.45, 7) is 0. The Kier molecular flexibility index (Phi) is 5.27. The van der Waals surface area contributed by atoms with Gasteiger partial charge in [-0.15, -0.1) is 5.73 Å². The molecule has 2 aromatic rings. The molecule has 28 heavy (non-hydrogen) atoms. The standard InChI is InChI=1S/C21H19ClN4OS/c1-23-20(27)17-10-16(17)13-4-3-5-14(7-6-13)19-21(26(2)12-25-19)28-18-9-8-15(22)11-24-18/h3-4,6-9,11-12,16-17H,10H2,1-2H3,(H,23,27). The lowest BCUT2D eigenvalue weighted by Gasteiger charge is -2.05. The van der Waals surface area contributed by atoms with Gasteiger partial charge in [0.25, 0.3) is 0 Å². The molecule has 1 N–H and O–H groups in total. The Morgan fingerprint density at radius 3 is 2.96 bits per heavy atom. The van der Waals surface area contributed by atoms with E-state index in [4.69, 9.17) is 11.6 Å². The summed E-state index contributed by atoms with van der Waals surface area (Å²) in [5, 5.41) is 5.17. The van der Waals surface area contributed by atoms with E-state index in [1.165, 1.54) is 11.8 Å². The summed E-state index contributed by atoms with van der Waals surface area (Å²) in [6, 6.07) is 3.72. The molecule has 142 valence electrons. The second-order valence-electron chi connectivity index (χ2n) is 6.71. The first kappa shape index (κ1) is 18.8. The van der Waals surface area contributed by atoms with Crippen LogP contribution in [-0.4, -0.2) is 27.5 Å². The largest absolute Gasteiger partial charge is 0.359 e. The molecule has 2 heterocycles. The van der Waals surface area contributed by atoms with E-state index in [9.17, 15) is 4.79 Å². The molecule has 7 heteroatoms. The fraction of sp³-hybridized carbons (Fsp3) is 0.238. The molecule has 1 saturated carbocycles. The predicted molar refractivity (Wildman–Crippen MR) is 111 cm³/mol. The van der Waals surface area contributed by atoms with Gasteiger partial charge in [-0.2, -0.15) is 0 Å². The van der Waals surface area contributed by atoms with Crippen molar-refractivity contribution < 1.29 is 4.79 Å². The molecule has 1 amide bonds. The van der Waals surface area contributed by atoms with Crippen LogP contribution in [0.15, 0.2) is 70.3 Å². The molecule has 0 aromatic carbocycles. The van der Waals surface area contributed by atoms with Crippen LogP contribution in [-0.2, 0) is 11.8 Å². The number of carbonyl (C=O) groups excluding carboxylic acids is 1. The molecule has 0 bridgehead atoms. The number of aromatic nitrogens is 3. The van der Waals surface area contributed by atoms with Crippen molar-refractivity contribution in [1.82, 2.24) is 19.9 Å². The quantitative estimate of drug-likeness (QED) is 0.756. The maximum atomic E-state index is 11.8. The number of allylic oxidation sites excluding steroid dienone is 5. The van der Waals surface area contributed by atoms with Crippen molar-refractivity contribution in [2.24, 2.45) is 18.9 Å². The third kappa shape index (κ3) is 3.85. The number of hydrogen-bond donors (Lipinski definition) is 1. The van der Waals surface area contributed by atoms with Gasteiger partial charge in [-0.25, -0.2) is 9.97 Å². The van der Waals surface area contributed by atoms with Gasteiger partial charge < -0.3 is 9.88 Å². The lowest BCUT2D eigenvalue weighted by molar-refractivity contribution is -0.122. The Bertz CT molecular complexity index is 1040. The van der Waals surface area contributed by atoms with E-state index in [0.29, 0.717) is 5.02 Å². The molecule has 0 saturated heterocycles. The number of amides is 1. The van der Waals surface area contributed by atoms with Gasteiger partial charge in [0.05, 0.1) is 11.3 Å². The first-order valence-corrected chi connectivity index (χ1v) is 10.1. The van der Waals surface area contributed by atoms with Crippen molar-refractivity contribution in [3.63, 3.8) is 0 Å². The Hall–Kier alpha value is -2.53. The number of hydrogen-bond acceptors (Lipinski definition) is 4. The minimum Gasteiger partial charge on any atom is -0.359 e. The molecular formula is C21H19ClN4OS. The first-order valence-electron chi connectivity index (χ1n) is 8.94. The second kappa shape index (κ2) is 7.84. The van der Waals surface area contributed by atoms with Crippen LogP contribution in [0.1, 0.15) is 12.1 Å². The summed E-state index contributed by atoms with van der Waals surface area (Å²) in [4.78, 5) is 20.7. The van der Waals surface area contributed by atoms with Crippen molar-refractivity contribution in [1.29, 1.82) is 0 Å². The zero-order valence-electron chi connectivity index (χ0n) is 15.5. The van der Waals surface area contributed by atoms with Crippen LogP contribution in [0.4, 0.5) is 0 Å². The van der Waals surface area contributed by atoms with Gasteiger partial charge in [0.1, 0.15) is 15.7 Å². The van der Waals surface area contributed by atoms with E-state index in [2.05, 4.69) is 27.1 Å². The van der Waals surface area contributed by atoms with Gasteiger partial charge >= 0.3 is 0 Å². The predicted octanol–water partition coefficient (Wildman–Crippen LogP) is 4.04. The number of imidazole rings is 1. The molecule has 2 aliphatic carbocycles. The maximum Gasteiger partial charge on any atom is 0.223 e. The summed E-state index contributed by atoms with van der Waals surface area (Å²) in [5.41, 5.74) is 6.22. The van der Waals surface area contributed by atoms with Crippen molar-refractivity contribution >= 4 is 34.8 Å². The van der Waals surface area contributed by atoms with E-state index >= 15 is 0 Å². The van der Waals surface area contributed by atoms with E-state index < -0.39 is 0 Å². The molecule has 5 nitrogen and oxygen atoms in total. The zero-order valence-corrected chi connectivity index (χ0v) is 17.1. The third-order valence-corrected chi connectivity index (χ3v) is 6.15. The third-order valence-electron chi connectivity index (χ3n) is 4.80. The minimum atomic E-state index is 0.0767. The number of pyridine rings is 1. The summed E-state index contributed by atoms with van der Waals surface area (Å²) >= 11 is 7.47. The van der Waals surface area contributed by atoms with E-state index in [1.807, 2.05) is 42.0 Å². The van der Waals surface area contributed by atoms with E-state index in [0.717, 1.165) is 33.3 Å². The zero-order chi connectivity index (χ0) is 19.7. The van der Waals surface area contributed by atoms with Gasteiger partial charge in [0, 0.05) is 31.8 Å². The molecule has 4 rings (SSSR count). The van der Waals surface area contributed by atoms with Crippen LogP contribution in [0.25, 0.3) is 5.57 Å². The van der Waals surface area contributed by atoms with Crippen molar-refractivity contribution in [3.8, 4) is 0 Å². The molecule has 0 radical (unpaired) electrons. The summed E-state index contributed by atoms with van der Waals surface area (Å²) in [6.07, 6.45) is 12.4. The Labute approximate surface area is 172 Å². The highest BCUT2D eigenvalue weighted by Crippen LogP contribution is 2.45. The number of aryl methyl sites for hydroxylation is 1. The van der Waals surface area contributed by atoms with Crippen LogP contribution >= 0.6 is 23.4 Å². The van der Waals surface area contributed by atoms with Crippen LogP contribution in [0.3, 0.4) is 0 Å². The Morgan fingerprint density at radius 1 is 1.36 bits per heavy atom. The number of carbonyl (C=O) groups is 1. The first-order chi connectivity index (χ1) is 13.6. The van der Waals surface area contributed by atoms with Crippen molar-refractivity contribution in [2.45, 2.75) is 16.5 Å². The van der Waals surface area contributed by atoms with Gasteiger partial charge in [0.15, 0.2) is 0 Å². The highest BCUT2D eigenvalue weighted by atomic mass is 35.5. The van der Waals surface area contributed by atoms with Crippen LogP contribution in [0.5, 0.6) is 0 Å². The fourth-order valence-electron chi connectivity index (χ4n) is 3.19. The monoisotopic (exact) mass is 410 g/mol. The van der Waals surface area contributed by atoms with Crippen LogP contribution < -0.4 is 5.32 Å². The Morgan fingerprint density at radius 2 is 2.21 bits per heavy atom. The van der Waals surface area contributed by atoms with Gasteiger partial charge in [0.2, 0.25) is 5.91 Å². The van der Waals surface area contributed by atoms with E-state index in [1.54, 1.807) is 19.6 Å². The van der Waals surface area contributed by atoms with Gasteiger partial charge in [-0.3, -0.25) is 4.79 Å². The van der Waals surface area contributed by atoms with E-state index in [-0.39, 0.29) is 17.7 Å². The second-order valence-corrected chi connectivity index (χ2v) is 8.16. The van der Waals surface area contributed by atoms with Crippen molar-refractivity contribution in [3.05, 3.63) is 71.0 Å². The number of nitrogens with one attached hydrogen (secondary N) is 1. The minimum absolute atomic E-state index is 0.0767. The molecule has 1 fully saturated rings. The number of nitrogens with zero attached hydrogens (tertiary/aromatic N) is 3. The molecule has 2 unspecified atom stereocenters. The topological polar surface area (TPSA) is 59.8 Å². The molecule has 2 aliphatic rings. The number of halogens is 1. The summed E-state index contributed by atoms with van der Waals surface area (Å²) in [7, 11) is 3.64. The lowest BCUT2D eigenvalue weighted by atomic mass is 10.1. The SMILES string of the molecule is CNC(=O)C1CC1C1=CC=C=C(c2ncn(C)c2Sc2ccc(Cl)cn2)C=C1. The van der Waals surface area contributed by atoms with Gasteiger partial charge in [-0.1, -0.05) is 23.8 Å². The average Bonchev–Trinajstić information content (AvgIpc) is 3.46. The number of rotatable bonds is 5. The smallest absolute Gasteiger partial charge is 0.223 e. The molecule has 0 aliphatic heterocycles. The molecule has 2 aromatic heterocycles. The molecular weight excluding hydrogens is 392 g/mol. The molecule has 2 atom stereocenters. The highest BCUT2D eigenvalue weighted by molar-refractivity contribution is 7.99. The van der Waals surface area contributed by atoms with Gasteiger partial charge in [-0.05, 0) is 54.0 Å². The lowest BCUT2D eigenvalue weighted by Crippen LogP contribution is -2.20. The Balaban J connectivity index is 1.55. The normalized spacial score (nSPS) is 20.4. The van der Waals surface area contributed by atoms with Crippen LogP contribution in [0, 0.1) is 11.8 Å². The maximum absolute atomic E-state index is 11.8. The van der Waals surface area contributed by atoms with Crippen LogP contribution in [0.2, 0.25) is 5.02 Å². The average molecular weight is 411 g/mol. The molecule has 0 spiro atoms. The summed E-state index contributed by atoms with van der Waals surface area (Å²) in [5.74, 6) is 0.469.